The van der Waals surface area contributed by atoms with E-state index in [1.165, 1.54) is 12.8 Å². The van der Waals surface area contributed by atoms with Crippen molar-refractivity contribution in [3.8, 4) is 0 Å². The lowest BCUT2D eigenvalue weighted by Crippen LogP contribution is -2.37. The summed E-state index contributed by atoms with van der Waals surface area (Å²) in [6, 6.07) is 0. The third-order valence-corrected chi connectivity index (χ3v) is 3.31. The number of nitrogens with zero attached hydrogens (tertiary/aromatic N) is 1. The molecule has 1 rings (SSSR count). The van der Waals surface area contributed by atoms with E-state index in [1.807, 2.05) is 0 Å². The summed E-state index contributed by atoms with van der Waals surface area (Å²) in [5.41, 5.74) is 0.445. The molecule has 82 valence electrons. The first kappa shape index (κ1) is 11.4. The number of methoxy groups -OCH3 is 1. The molecular weight excluding hydrogens is 174 g/mol. The fourth-order valence-electron chi connectivity index (χ4n) is 2.12. The van der Waals surface area contributed by atoms with Gasteiger partial charge in [0.05, 0.1) is 7.11 Å². The molecule has 1 heterocycles. The van der Waals surface area contributed by atoms with Crippen LogP contribution in [0.25, 0.3) is 0 Å². The summed E-state index contributed by atoms with van der Waals surface area (Å²) >= 11 is 0. The molecule has 0 aromatic rings. The van der Waals surface area contributed by atoms with Crippen molar-refractivity contribution < 1.29 is 4.74 Å². The van der Waals surface area contributed by atoms with Crippen molar-refractivity contribution in [2.24, 2.45) is 11.3 Å². The minimum absolute atomic E-state index is 0.445. The largest absolute Gasteiger partial charge is 0.483 e. The normalized spacial score (nSPS) is 19.6. The van der Waals surface area contributed by atoms with Crippen LogP contribution in [0.2, 0.25) is 0 Å². The average molecular weight is 197 g/mol. The molecule has 0 spiro atoms. The molecule has 1 aliphatic heterocycles. The first-order valence-corrected chi connectivity index (χ1v) is 5.43. The van der Waals surface area contributed by atoms with Crippen molar-refractivity contribution in [2.45, 2.75) is 33.6 Å². The second-order valence-electron chi connectivity index (χ2n) is 5.23. The molecular formula is C12H23NO. The van der Waals surface area contributed by atoms with Crippen molar-refractivity contribution in [1.29, 1.82) is 0 Å². The second-order valence-corrected chi connectivity index (χ2v) is 5.23. The molecule has 1 aliphatic rings. The summed E-state index contributed by atoms with van der Waals surface area (Å²) in [6.45, 7) is 13.1. The van der Waals surface area contributed by atoms with Crippen LogP contribution < -0.4 is 0 Å². The molecule has 0 saturated carbocycles. The first-order chi connectivity index (χ1) is 6.45. The van der Waals surface area contributed by atoms with Crippen LogP contribution in [0.15, 0.2) is 12.5 Å². The van der Waals surface area contributed by atoms with E-state index in [-0.39, 0.29) is 0 Å². The van der Waals surface area contributed by atoms with Crippen LogP contribution in [0.1, 0.15) is 33.6 Å². The van der Waals surface area contributed by atoms with E-state index >= 15 is 0 Å². The number of ether oxygens (including phenoxy) is 1. The number of likely N-dealkylation sites (tertiary alicyclic amines) is 1. The highest BCUT2D eigenvalue weighted by molar-refractivity contribution is 4.89. The zero-order valence-corrected chi connectivity index (χ0v) is 9.97. The number of piperidine rings is 1. The Hall–Kier alpha value is -0.660. The third-order valence-electron chi connectivity index (χ3n) is 3.31. The highest BCUT2D eigenvalue weighted by atomic mass is 16.5. The van der Waals surface area contributed by atoms with E-state index < -0.39 is 0 Å². The molecule has 2 heteroatoms. The van der Waals surface area contributed by atoms with Gasteiger partial charge in [0.15, 0.2) is 5.88 Å². The highest BCUT2D eigenvalue weighted by Gasteiger charge is 2.29. The van der Waals surface area contributed by atoms with Crippen molar-refractivity contribution in [1.82, 2.24) is 4.90 Å². The van der Waals surface area contributed by atoms with E-state index in [0.717, 1.165) is 24.9 Å². The Morgan fingerprint density at radius 3 is 2.14 bits per heavy atom. The fourth-order valence-corrected chi connectivity index (χ4v) is 2.12. The maximum atomic E-state index is 5.14. The van der Waals surface area contributed by atoms with Gasteiger partial charge >= 0.3 is 0 Å². The maximum absolute atomic E-state index is 5.14. The van der Waals surface area contributed by atoms with E-state index in [2.05, 4.69) is 32.3 Å². The summed E-state index contributed by atoms with van der Waals surface area (Å²) < 4.78 is 5.14. The Bertz CT molecular complexity index is 197. The van der Waals surface area contributed by atoms with Crippen LogP contribution in [-0.2, 0) is 4.74 Å². The second kappa shape index (κ2) is 4.24. The maximum Gasteiger partial charge on any atom is 0.181 e. The lowest BCUT2D eigenvalue weighted by molar-refractivity contribution is 0.0829. The quantitative estimate of drug-likeness (QED) is 0.631. The minimum Gasteiger partial charge on any atom is -0.483 e. The molecule has 1 fully saturated rings. The summed E-state index contributed by atoms with van der Waals surface area (Å²) in [7, 11) is 1.69. The molecule has 0 atom stereocenters. The molecule has 14 heavy (non-hydrogen) atoms. The summed E-state index contributed by atoms with van der Waals surface area (Å²) in [5, 5.41) is 0. The van der Waals surface area contributed by atoms with Crippen molar-refractivity contribution >= 4 is 0 Å². The van der Waals surface area contributed by atoms with E-state index in [4.69, 9.17) is 4.74 Å². The Labute approximate surface area is 87.9 Å². The van der Waals surface area contributed by atoms with Crippen LogP contribution in [-0.4, -0.2) is 25.1 Å². The van der Waals surface area contributed by atoms with Gasteiger partial charge in [0.1, 0.15) is 0 Å². The molecule has 1 saturated heterocycles. The Kier molecular flexibility index (Phi) is 3.46. The molecule has 0 radical (unpaired) electrons. The Morgan fingerprint density at radius 2 is 1.79 bits per heavy atom. The monoisotopic (exact) mass is 197 g/mol. The molecule has 0 unspecified atom stereocenters. The average Bonchev–Trinajstić information content (AvgIpc) is 2.15. The predicted octanol–water partition coefficient (Wildman–Crippen LogP) is 2.86. The number of hydrogen-bond donors (Lipinski definition) is 0. The van der Waals surface area contributed by atoms with Gasteiger partial charge in [-0.05, 0) is 30.8 Å². The van der Waals surface area contributed by atoms with Gasteiger partial charge in [-0.15, -0.1) is 0 Å². The van der Waals surface area contributed by atoms with Crippen molar-refractivity contribution in [2.75, 3.05) is 20.2 Å². The van der Waals surface area contributed by atoms with Crippen molar-refractivity contribution in [3.63, 3.8) is 0 Å². The molecule has 0 bridgehead atoms. The molecule has 2 nitrogen and oxygen atoms in total. The highest BCUT2D eigenvalue weighted by Crippen LogP contribution is 2.34. The smallest absolute Gasteiger partial charge is 0.181 e. The van der Waals surface area contributed by atoms with Gasteiger partial charge in [0.2, 0.25) is 0 Å². The van der Waals surface area contributed by atoms with Gasteiger partial charge in [0.25, 0.3) is 0 Å². The predicted molar refractivity (Wildman–Crippen MR) is 59.9 cm³/mol. The summed E-state index contributed by atoms with van der Waals surface area (Å²) in [4.78, 5) is 2.24. The van der Waals surface area contributed by atoms with E-state index in [1.54, 1.807) is 7.11 Å². The van der Waals surface area contributed by atoms with Gasteiger partial charge in [-0.25, -0.2) is 0 Å². The molecule has 0 amide bonds. The Balaban J connectivity index is 2.43. The van der Waals surface area contributed by atoms with Gasteiger partial charge in [0, 0.05) is 13.1 Å². The molecule has 0 N–H and O–H groups in total. The van der Waals surface area contributed by atoms with Gasteiger partial charge in [-0.3, -0.25) is 0 Å². The molecule has 0 aromatic heterocycles. The Morgan fingerprint density at radius 1 is 1.29 bits per heavy atom. The zero-order valence-electron chi connectivity index (χ0n) is 9.97. The van der Waals surface area contributed by atoms with Crippen LogP contribution in [0, 0.1) is 11.3 Å². The van der Waals surface area contributed by atoms with Gasteiger partial charge < -0.3 is 9.64 Å². The van der Waals surface area contributed by atoms with Crippen LogP contribution in [0.4, 0.5) is 0 Å². The lowest BCUT2D eigenvalue weighted by atomic mass is 9.75. The third kappa shape index (κ3) is 2.66. The van der Waals surface area contributed by atoms with Crippen molar-refractivity contribution in [3.05, 3.63) is 12.5 Å². The van der Waals surface area contributed by atoms with Gasteiger partial charge in [-0.1, -0.05) is 20.8 Å². The SMILES string of the molecule is C=C(OC)N1CCC(C(C)(C)C)CC1. The minimum atomic E-state index is 0.445. The van der Waals surface area contributed by atoms with Crippen LogP contribution >= 0.6 is 0 Å². The number of rotatable bonds is 2. The van der Waals surface area contributed by atoms with E-state index in [0.29, 0.717) is 5.41 Å². The number of hydrogen-bond acceptors (Lipinski definition) is 2. The van der Waals surface area contributed by atoms with Crippen LogP contribution in [0.3, 0.4) is 0 Å². The van der Waals surface area contributed by atoms with Crippen LogP contribution in [0.5, 0.6) is 0 Å². The molecule has 0 aliphatic carbocycles. The first-order valence-electron chi connectivity index (χ1n) is 5.43. The van der Waals surface area contributed by atoms with Gasteiger partial charge in [-0.2, -0.15) is 0 Å². The standard InChI is InChI=1S/C12H23NO/c1-10(14-5)13-8-6-11(7-9-13)12(2,3)4/h11H,1,6-9H2,2-5H3. The topological polar surface area (TPSA) is 12.5 Å². The zero-order chi connectivity index (χ0) is 10.8. The summed E-state index contributed by atoms with van der Waals surface area (Å²) in [6.07, 6.45) is 2.51. The fraction of sp³-hybridized carbons (Fsp3) is 0.833. The van der Waals surface area contributed by atoms with E-state index in [9.17, 15) is 0 Å². The lowest BCUT2D eigenvalue weighted by Gasteiger charge is -2.39. The summed E-state index contributed by atoms with van der Waals surface area (Å²) in [5.74, 6) is 1.65. The molecule has 0 aromatic carbocycles.